The molecule has 3 amide bonds. The molecule has 0 radical (unpaired) electrons. The predicted octanol–water partition coefficient (Wildman–Crippen LogP) is 1.90. The number of hydrogen-bond donors (Lipinski definition) is 2. The van der Waals surface area contributed by atoms with Crippen LogP contribution in [0.4, 0.5) is 0 Å². The van der Waals surface area contributed by atoms with Crippen LogP contribution in [0.15, 0.2) is 54.6 Å². The van der Waals surface area contributed by atoms with Crippen molar-refractivity contribution < 1.29 is 33.8 Å². The van der Waals surface area contributed by atoms with Crippen LogP contribution in [0.25, 0.3) is 0 Å². The lowest BCUT2D eigenvalue weighted by Crippen LogP contribution is -2.61. The topological polar surface area (TPSA) is 125 Å². The molecule has 0 aromatic heterocycles. The van der Waals surface area contributed by atoms with Gasteiger partial charge in [-0.2, -0.15) is 0 Å². The van der Waals surface area contributed by atoms with Crippen molar-refractivity contribution in [2.45, 2.75) is 75.9 Å². The molecule has 0 unspecified atom stereocenters. The number of cyclic esters (lactones) is 1. The number of aliphatic hydroxyl groups is 1. The molecule has 4 aliphatic rings. The first-order chi connectivity index (χ1) is 19.5. The fourth-order valence-corrected chi connectivity index (χ4v) is 6.51. The molecule has 2 saturated heterocycles. The molecule has 0 aliphatic carbocycles. The van der Waals surface area contributed by atoms with E-state index in [4.69, 9.17) is 9.47 Å². The van der Waals surface area contributed by atoms with Crippen LogP contribution >= 0.6 is 0 Å². The Hall–Kier alpha value is -3.50. The van der Waals surface area contributed by atoms with E-state index in [0.29, 0.717) is 6.42 Å². The third-order valence-electron chi connectivity index (χ3n) is 8.56. The minimum absolute atomic E-state index is 0.0667. The van der Waals surface area contributed by atoms with Crippen LogP contribution in [-0.4, -0.2) is 87.7 Å². The number of carbonyl (C=O) groups is 4. The molecule has 0 saturated carbocycles. The summed E-state index contributed by atoms with van der Waals surface area (Å²) in [6, 6.07) is 6.83. The highest BCUT2D eigenvalue weighted by atomic mass is 16.5. The largest absolute Gasteiger partial charge is 0.463 e. The van der Waals surface area contributed by atoms with Crippen molar-refractivity contribution in [3.05, 3.63) is 60.2 Å². The maximum atomic E-state index is 14.4. The van der Waals surface area contributed by atoms with Gasteiger partial charge in [0.15, 0.2) is 0 Å². The minimum atomic E-state index is -1.35. The summed E-state index contributed by atoms with van der Waals surface area (Å²) < 4.78 is 12.0. The molecule has 10 nitrogen and oxygen atoms in total. The van der Waals surface area contributed by atoms with E-state index in [1.54, 1.807) is 24.0 Å². The number of likely N-dealkylation sites (tertiary alicyclic amines) is 1. The Bertz CT molecular complexity index is 1260. The fourth-order valence-electron chi connectivity index (χ4n) is 6.51. The lowest BCUT2D eigenvalue weighted by atomic mass is 9.74. The summed E-state index contributed by atoms with van der Waals surface area (Å²) in [7, 11) is 0. The number of rotatable bonds is 3. The van der Waals surface area contributed by atoms with Gasteiger partial charge in [0.05, 0.1) is 36.6 Å². The second-order valence-corrected chi connectivity index (χ2v) is 12.3. The van der Waals surface area contributed by atoms with Crippen LogP contribution in [0.5, 0.6) is 0 Å². The van der Waals surface area contributed by atoms with Crippen LogP contribution in [0, 0.1) is 11.8 Å². The van der Waals surface area contributed by atoms with Crippen molar-refractivity contribution in [3.63, 3.8) is 0 Å². The van der Waals surface area contributed by atoms with Gasteiger partial charge in [0.25, 0.3) is 0 Å². The molecule has 5 bridgehead atoms. The molecule has 7 atom stereocenters. The Labute approximate surface area is 240 Å². The van der Waals surface area contributed by atoms with Crippen LogP contribution in [0.2, 0.25) is 0 Å². The summed E-state index contributed by atoms with van der Waals surface area (Å²) in [5, 5.41) is 13.1. The van der Waals surface area contributed by atoms with Crippen molar-refractivity contribution in [3.8, 4) is 0 Å². The smallest absolute Gasteiger partial charge is 0.306 e. The van der Waals surface area contributed by atoms with Gasteiger partial charge in [-0.15, -0.1) is 0 Å². The number of fused-ring (bicyclic) bond motifs is 2. The normalized spacial score (nSPS) is 33.9. The van der Waals surface area contributed by atoms with Gasteiger partial charge in [-0.1, -0.05) is 54.6 Å². The maximum Gasteiger partial charge on any atom is 0.306 e. The van der Waals surface area contributed by atoms with E-state index >= 15 is 0 Å². The van der Waals surface area contributed by atoms with E-state index < -0.39 is 65.0 Å². The molecule has 5 rings (SSSR count). The van der Waals surface area contributed by atoms with E-state index in [1.165, 1.54) is 4.90 Å². The Morgan fingerprint density at radius 3 is 2.51 bits per heavy atom. The highest BCUT2D eigenvalue weighted by Crippen LogP contribution is 2.56. The maximum absolute atomic E-state index is 14.4. The average molecular weight is 566 g/mol. The summed E-state index contributed by atoms with van der Waals surface area (Å²) in [5.74, 6) is -3.40. The minimum Gasteiger partial charge on any atom is -0.463 e. The number of carbonyl (C=O) groups excluding carboxylic acids is 4. The van der Waals surface area contributed by atoms with Crippen molar-refractivity contribution in [1.82, 2.24) is 15.1 Å². The monoisotopic (exact) mass is 565 g/mol. The van der Waals surface area contributed by atoms with Crippen LogP contribution in [0.1, 0.15) is 52.1 Å². The molecule has 4 aliphatic heterocycles. The number of allylic oxidation sites excluding steroid dienone is 1. The number of benzene rings is 1. The summed E-state index contributed by atoms with van der Waals surface area (Å²) in [6.07, 6.45) is 7.07. The van der Waals surface area contributed by atoms with E-state index in [-0.39, 0.29) is 32.1 Å². The Kier molecular flexibility index (Phi) is 7.82. The number of hydrogen-bond acceptors (Lipinski definition) is 7. The zero-order valence-electron chi connectivity index (χ0n) is 24.0. The van der Waals surface area contributed by atoms with Crippen molar-refractivity contribution >= 4 is 23.7 Å². The Balaban J connectivity index is 1.59. The zero-order chi connectivity index (χ0) is 29.5. The van der Waals surface area contributed by atoms with Gasteiger partial charge in [0.1, 0.15) is 18.2 Å². The molecular weight excluding hydrogens is 526 g/mol. The van der Waals surface area contributed by atoms with Crippen LogP contribution in [-0.2, 0) is 28.7 Å². The molecule has 1 aromatic carbocycles. The predicted molar refractivity (Wildman–Crippen MR) is 149 cm³/mol. The standard InChI is InChI=1S/C31H39N3O7/c1-19(17-35)34-26-29(39)33(30(2,3)4)16-10-6-9-13-23(36)40-18-21(20-11-7-5-8-12-20)32-27(37)24-22-14-15-31(26,41-22)25(24)28(34)38/h5-8,10-12,14-15,19,21-22,24-26,35H,9,13,16-18H2,1-4H3,(H,32,37)/b10-6-/t19-,21-,22-,24+,25+,26-,31+/m1/s1. The second kappa shape index (κ2) is 11.1. The molecular formula is C31H39N3O7. The first kappa shape index (κ1) is 29.0. The van der Waals surface area contributed by atoms with Crippen LogP contribution in [0.3, 0.4) is 0 Å². The number of nitrogens with zero attached hydrogens (tertiary/aromatic N) is 2. The number of amides is 3. The fraction of sp³-hybridized carbons (Fsp3) is 0.548. The zero-order valence-corrected chi connectivity index (χ0v) is 24.0. The van der Waals surface area contributed by atoms with E-state index in [0.717, 1.165) is 5.56 Å². The second-order valence-electron chi connectivity index (χ2n) is 12.3. The van der Waals surface area contributed by atoms with Crippen molar-refractivity contribution in [1.29, 1.82) is 0 Å². The van der Waals surface area contributed by atoms with Gasteiger partial charge < -0.3 is 29.7 Å². The summed E-state index contributed by atoms with van der Waals surface area (Å²) in [4.78, 5) is 58.2. The van der Waals surface area contributed by atoms with Crippen LogP contribution < -0.4 is 5.32 Å². The highest BCUT2D eigenvalue weighted by Gasteiger charge is 2.73. The van der Waals surface area contributed by atoms with Gasteiger partial charge in [-0.05, 0) is 39.7 Å². The molecule has 2 fully saturated rings. The molecule has 10 heteroatoms. The molecule has 41 heavy (non-hydrogen) atoms. The number of ether oxygens (including phenoxy) is 2. The summed E-state index contributed by atoms with van der Waals surface area (Å²) in [5.41, 5.74) is -1.21. The molecule has 1 aromatic rings. The van der Waals surface area contributed by atoms with Crippen molar-refractivity contribution in [2.24, 2.45) is 11.8 Å². The number of aliphatic hydroxyl groups excluding tert-OH is 1. The van der Waals surface area contributed by atoms with Gasteiger partial charge >= 0.3 is 5.97 Å². The van der Waals surface area contributed by atoms with Gasteiger partial charge in [0.2, 0.25) is 17.7 Å². The summed E-state index contributed by atoms with van der Waals surface area (Å²) in [6.45, 7) is 7.25. The van der Waals surface area contributed by atoms with Crippen molar-refractivity contribution in [2.75, 3.05) is 19.8 Å². The molecule has 4 heterocycles. The van der Waals surface area contributed by atoms with Gasteiger partial charge in [0, 0.05) is 18.5 Å². The Morgan fingerprint density at radius 2 is 1.83 bits per heavy atom. The molecule has 2 N–H and O–H groups in total. The van der Waals surface area contributed by atoms with Gasteiger partial charge in [-0.3, -0.25) is 19.2 Å². The third kappa shape index (κ3) is 5.08. The highest BCUT2D eigenvalue weighted by molar-refractivity contribution is 6.00. The summed E-state index contributed by atoms with van der Waals surface area (Å²) >= 11 is 0. The van der Waals surface area contributed by atoms with E-state index in [1.807, 2.05) is 63.3 Å². The first-order valence-corrected chi connectivity index (χ1v) is 14.3. The average Bonchev–Trinajstić information content (AvgIpc) is 3.58. The van der Waals surface area contributed by atoms with E-state index in [2.05, 4.69) is 5.32 Å². The molecule has 1 spiro atoms. The lowest BCUT2D eigenvalue weighted by molar-refractivity contribution is -0.153. The number of nitrogens with one attached hydrogen (secondary N) is 1. The quantitative estimate of drug-likeness (QED) is 0.424. The van der Waals surface area contributed by atoms with Gasteiger partial charge in [-0.25, -0.2) is 0 Å². The first-order valence-electron chi connectivity index (χ1n) is 14.3. The number of esters is 1. The lowest BCUT2D eigenvalue weighted by Gasteiger charge is -2.42. The third-order valence-corrected chi connectivity index (χ3v) is 8.56. The SMILES string of the molecule is C[C@H](CO)N1C(=O)[C@@H]2[C@H]3C(=O)N[C@@H](c4ccccc4)COC(=O)CC/C=C\CN(C(C)(C)C)C(=O)[C@@H]1[C@]21C=C[C@H]3O1. The molecule has 220 valence electrons. The Morgan fingerprint density at radius 1 is 1.10 bits per heavy atom. The van der Waals surface area contributed by atoms with E-state index in [9.17, 15) is 24.3 Å².